The zero-order valence-electron chi connectivity index (χ0n) is 13.6. The molecule has 0 saturated heterocycles. The van der Waals surface area contributed by atoms with E-state index in [1.54, 1.807) is 0 Å². The number of esters is 1. The number of carbonyl (C=O) groups is 1. The molecule has 0 bridgehead atoms. The van der Waals surface area contributed by atoms with Gasteiger partial charge in [-0.3, -0.25) is 4.79 Å². The highest BCUT2D eigenvalue weighted by atomic mass is 16.5. The Morgan fingerprint density at radius 3 is 2.74 bits per heavy atom. The summed E-state index contributed by atoms with van der Waals surface area (Å²) < 4.78 is 7.48. The van der Waals surface area contributed by atoms with Crippen molar-refractivity contribution >= 4 is 11.6 Å². The molecule has 1 aromatic carbocycles. The van der Waals surface area contributed by atoms with Gasteiger partial charge >= 0.3 is 5.97 Å². The van der Waals surface area contributed by atoms with E-state index in [0.29, 0.717) is 17.4 Å². The van der Waals surface area contributed by atoms with Crippen LogP contribution in [0.4, 0.5) is 0 Å². The lowest BCUT2D eigenvalue weighted by atomic mass is 10.0. The third-order valence-electron chi connectivity index (χ3n) is 3.82. The van der Waals surface area contributed by atoms with E-state index in [0.717, 1.165) is 16.8 Å². The van der Waals surface area contributed by atoms with Crippen molar-refractivity contribution in [1.29, 1.82) is 0 Å². The molecule has 0 atom stereocenters. The van der Waals surface area contributed by atoms with Crippen LogP contribution in [0.25, 0.3) is 5.65 Å². The summed E-state index contributed by atoms with van der Waals surface area (Å²) in [6.07, 6.45) is 3.96. The Balaban J connectivity index is 1.78. The Morgan fingerprint density at radius 2 is 2.00 bits per heavy atom. The van der Waals surface area contributed by atoms with Gasteiger partial charge in [-0.15, -0.1) is 0 Å². The number of imidazole rings is 1. The zero-order chi connectivity index (χ0) is 16.4. The summed E-state index contributed by atoms with van der Waals surface area (Å²) in [4.78, 5) is 16.8. The summed E-state index contributed by atoms with van der Waals surface area (Å²) in [6, 6.07) is 11.6. The number of para-hydroxylation sites is 1. The summed E-state index contributed by atoms with van der Waals surface area (Å²) >= 11 is 0. The van der Waals surface area contributed by atoms with Gasteiger partial charge in [0.05, 0.1) is 12.1 Å². The Hall–Kier alpha value is -2.62. The lowest BCUT2D eigenvalue weighted by Crippen LogP contribution is -2.12. The number of ether oxygens (including phenoxy) is 1. The van der Waals surface area contributed by atoms with E-state index in [9.17, 15) is 4.79 Å². The molecule has 3 aromatic rings. The third-order valence-corrected chi connectivity index (χ3v) is 3.82. The van der Waals surface area contributed by atoms with Crippen LogP contribution < -0.4 is 4.74 Å². The van der Waals surface area contributed by atoms with Gasteiger partial charge in [0.1, 0.15) is 11.4 Å². The number of aryl methyl sites for hydroxylation is 1. The first-order valence-electron chi connectivity index (χ1n) is 7.77. The second-order valence-electron chi connectivity index (χ2n) is 6.00. The topological polar surface area (TPSA) is 43.6 Å². The number of hydrogen-bond donors (Lipinski definition) is 0. The average molecular weight is 308 g/mol. The minimum absolute atomic E-state index is 0.160. The molecule has 23 heavy (non-hydrogen) atoms. The Bertz CT molecular complexity index is 849. The Morgan fingerprint density at radius 1 is 1.22 bits per heavy atom. The number of carbonyl (C=O) groups excluding carboxylic acids is 1. The minimum atomic E-state index is -0.292. The standard InChI is InChI=1S/C19H20N2O2/c1-13(2)16-8-4-5-9-17(16)23-18(22)11-15-12-21-10-6-7-14(3)19(21)20-15/h4-10,12-13H,11H2,1-3H3. The summed E-state index contributed by atoms with van der Waals surface area (Å²) in [5.41, 5.74) is 3.70. The van der Waals surface area contributed by atoms with Gasteiger partial charge in [0, 0.05) is 12.4 Å². The van der Waals surface area contributed by atoms with Crippen molar-refractivity contribution < 1.29 is 9.53 Å². The van der Waals surface area contributed by atoms with Crippen LogP contribution in [0.2, 0.25) is 0 Å². The summed E-state index contributed by atoms with van der Waals surface area (Å²) in [5, 5.41) is 0. The normalized spacial score (nSPS) is 11.1. The molecule has 118 valence electrons. The van der Waals surface area contributed by atoms with Crippen LogP contribution in [0.1, 0.15) is 36.6 Å². The van der Waals surface area contributed by atoms with Crippen LogP contribution in [0.15, 0.2) is 48.8 Å². The molecule has 4 heteroatoms. The number of fused-ring (bicyclic) bond motifs is 1. The van der Waals surface area contributed by atoms with Gasteiger partial charge in [0.25, 0.3) is 0 Å². The number of pyridine rings is 1. The van der Waals surface area contributed by atoms with Gasteiger partial charge in [-0.05, 0) is 36.1 Å². The molecule has 0 fully saturated rings. The first kappa shape index (κ1) is 15.3. The molecule has 0 saturated carbocycles. The van der Waals surface area contributed by atoms with Crippen molar-refractivity contribution in [2.75, 3.05) is 0 Å². The van der Waals surface area contributed by atoms with E-state index in [2.05, 4.69) is 18.8 Å². The van der Waals surface area contributed by atoms with Crippen molar-refractivity contribution in [1.82, 2.24) is 9.38 Å². The van der Waals surface area contributed by atoms with Gasteiger partial charge in [-0.2, -0.15) is 0 Å². The largest absolute Gasteiger partial charge is 0.426 e. The van der Waals surface area contributed by atoms with Crippen LogP contribution >= 0.6 is 0 Å². The maximum absolute atomic E-state index is 12.2. The molecule has 2 heterocycles. The number of hydrogen-bond acceptors (Lipinski definition) is 3. The van der Waals surface area contributed by atoms with Gasteiger partial charge in [-0.1, -0.05) is 38.1 Å². The Labute approximate surface area is 135 Å². The van der Waals surface area contributed by atoms with E-state index in [1.807, 2.05) is 60.1 Å². The van der Waals surface area contributed by atoms with Gasteiger partial charge in [0.15, 0.2) is 0 Å². The van der Waals surface area contributed by atoms with Crippen molar-refractivity contribution in [2.24, 2.45) is 0 Å². The molecule has 0 aliphatic carbocycles. The molecule has 0 spiro atoms. The Kier molecular flexibility index (Phi) is 4.15. The summed E-state index contributed by atoms with van der Waals surface area (Å²) in [5.74, 6) is 0.642. The van der Waals surface area contributed by atoms with Crippen molar-refractivity contribution in [3.63, 3.8) is 0 Å². The van der Waals surface area contributed by atoms with E-state index in [4.69, 9.17) is 4.74 Å². The van der Waals surface area contributed by atoms with E-state index in [1.165, 1.54) is 0 Å². The molecular formula is C19H20N2O2. The molecule has 0 aliphatic rings. The van der Waals surface area contributed by atoms with E-state index >= 15 is 0 Å². The highest BCUT2D eigenvalue weighted by molar-refractivity contribution is 5.75. The van der Waals surface area contributed by atoms with Crippen LogP contribution in [0.3, 0.4) is 0 Å². The van der Waals surface area contributed by atoms with Crippen LogP contribution in [-0.4, -0.2) is 15.4 Å². The molecule has 0 aliphatic heterocycles. The molecule has 3 rings (SSSR count). The number of benzene rings is 1. The predicted octanol–water partition coefficient (Wildman–Crippen LogP) is 3.91. The molecule has 0 amide bonds. The summed E-state index contributed by atoms with van der Waals surface area (Å²) in [7, 11) is 0. The van der Waals surface area contributed by atoms with E-state index < -0.39 is 0 Å². The minimum Gasteiger partial charge on any atom is -0.426 e. The first-order chi connectivity index (χ1) is 11.0. The van der Waals surface area contributed by atoms with Crippen molar-refractivity contribution in [3.8, 4) is 5.75 Å². The fraction of sp³-hybridized carbons (Fsp3) is 0.263. The monoisotopic (exact) mass is 308 g/mol. The third kappa shape index (κ3) is 3.26. The highest BCUT2D eigenvalue weighted by Gasteiger charge is 2.14. The van der Waals surface area contributed by atoms with Crippen LogP contribution in [-0.2, 0) is 11.2 Å². The fourth-order valence-corrected chi connectivity index (χ4v) is 2.65. The smallest absolute Gasteiger partial charge is 0.317 e. The van der Waals surface area contributed by atoms with Gasteiger partial charge in [-0.25, -0.2) is 4.98 Å². The quantitative estimate of drug-likeness (QED) is 0.542. The molecule has 0 N–H and O–H groups in total. The number of nitrogens with zero attached hydrogens (tertiary/aromatic N) is 2. The highest BCUT2D eigenvalue weighted by Crippen LogP contribution is 2.26. The van der Waals surface area contributed by atoms with E-state index in [-0.39, 0.29) is 12.4 Å². The molecule has 0 radical (unpaired) electrons. The van der Waals surface area contributed by atoms with Gasteiger partial charge < -0.3 is 9.14 Å². The van der Waals surface area contributed by atoms with Crippen molar-refractivity contribution in [2.45, 2.75) is 33.1 Å². The first-order valence-corrected chi connectivity index (χ1v) is 7.77. The maximum atomic E-state index is 12.2. The lowest BCUT2D eigenvalue weighted by molar-refractivity contribution is -0.133. The second kappa shape index (κ2) is 6.24. The number of aromatic nitrogens is 2. The molecular weight excluding hydrogens is 288 g/mol. The average Bonchev–Trinajstić information content (AvgIpc) is 2.91. The van der Waals surface area contributed by atoms with Crippen LogP contribution in [0, 0.1) is 6.92 Å². The van der Waals surface area contributed by atoms with Crippen molar-refractivity contribution in [3.05, 3.63) is 65.6 Å². The maximum Gasteiger partial charge on any atom is 0.317 e. The zero-order valence-corrected chi connectivity index (χ0v) is 13.6. The van der Waals surface area contributed by atoms with Crippen LogP contribution in [0.5, 0.6) is 5.75 Å². The fourth-order valence-electron chi connectivity index (χ4n) is 2.65. The van der Waals surface area contributed by atoms with Gasteiger partial charge in [0.2, 0.25) is 0 Å². The second-order valence-corrected chi connectivity index (χ2v) is 6.00. The predicted molar refractivity (Wildman–Crippen MR) is 89.8 cm³/mol. The molecule has 4 nitrogen and oxygen atoms in total. The SMILES string of the molecule is Cc1cccn2cc(CC(=O)Oc3ccccc3C(C)C)nc12. The lowest BCUT2D eigenvalue weighted by Gasteiger charge is -2.11. The molecule has 2 aromatic heterocycles. The summed E-state index contributed by atoms with van der Waals surface area (Å²) in [6.45, 7) is 6.17. The number of rotatable bonds is 4. The molecule has 0 unspecified atom stereocenters.